The second-order valence-electron chi connectivity index (χ2n) is 28.3. The second kappa shape index (κ2) is 31.7. The van der Waals surface area contributed by atoms with E-state index in [9.17, 15) is 38.4 Å². The summed E-state index contributed by atoms with van der Waals surface area (Å²) >= 11 is 0. The Labute approximate surface area is 539 Å². The molecule has 4 bridgehead atoms. The van der Waals surface area contributed by atoms with Gasteiger partial charge in [0.2, 0.25) is 47.3 Å². The van der Waals surface area contributed by atoms with E-state index in [1.807, 2.05) is 13.8 Å². The average Bonchev–Trinajstić information content (AvgIpc) is 0.770. The van der Waals surface area contributed by atoms with Crippen molar-refractivity contribution in [1.29, 1.82) is 0 Å². The van der Waals surface area contributed by atoms with Crippen LogP contribution in [-0.2, 0) is 68.6 Å². The number of amides is 9. The number of hydrogen-bond acceptors (Lipinski definition) is 14. The Kier molecular flexibility index (Phi) is 25.5. The fourth-order valence-corrected chi connectivity index (χ4v) is 15.4. The molecule has 7 rings (SSSR count). The molecule has 11 atom stereocenters. The Bertz CT molecular complexity index is 2760. The molecule has 0 unspecified atom stereocenters. The lowest BCUT2D eigenvalue weighted by Gasteiger charge is -2.56. The average molecular weight is 1270 g/mol. The molecule has 6 fully saturated rings. The number of nitrogens with zero attached hydrogens (tertiary/aromatic N) is 6. The van der Waals surface area contributed by atoms with E-state index in [-0.39, 0.29) is 31.4 Å². The summed E-state index contributed by atoms with van der Waals surface area (Å²) in [7, 11) is 8.63. The predicted molar refractivity (Wildman–Crippen MR) is 341 cm³/mol. The van der Waals surface area contributed by atoms with Crippen LogP contribution in [0.15, 0.2) is 24.3 Å². The molecule has 2 heterocycles. The summed E-state index contributed by atoms with van der Waals surface area (Å²) in [4.78, 5) is 170. The molecular weight excluding hydrogens is 1170 g/mol. The maximum Gasteiger partial charge on any atom is 0.329 e. The molecule has 508 valence electrons. The van der Waals surface area contributed by atoms with Crippen molar-refractivity contribution in [1.82, 2.24) is 45.3 Å². The predicted octanol–water partition coefficient (Wildman–Crippen LogP) is 4.99. The number of carbonyl (C=O) groups excluding carboxylic acids is 11. The topological polar surface area (TPSA) is 271 Å². The number of cyclic esters (lactones) is 1. The summed E-state index contributed by atoms with van der Waals surface area (Å²) in [6.45, 7) is 18.7. The van der Waals surface area contributed by atoms with E-state index in [1.54, 1.807) is 79.7 Å². The van der Waals surface area contributed by atoms with E-state index in [1.165, 1.54) is 93.0 Å². The van der Waals surface area contributed by atoms with Crippen LogP contribution in [0.2, 0.25) is 0 Å². The molecule has 2 saturated heterocycles. The molecule has 23 heteroatoms. The first-order valence-electron chi connectivity index (χ1n) is 33.3. The molecule has 6 aliphatic rings. The number of nitrogens with one attached hydrogen (secondary N) is 3. The first kappa shape index (κ1) is 73.2. The van der Waals surface area contributed by atoms with Gasteiger partial charge in [-0.25, -0.2) is 4.79 Å². The van der Waals surface area contributed by atoms with Crippen LogP contribution in [0.3, 0.4) is 0 Å². The summed E-state index contributed by atoms with van der Waals surface area (Å²) in [6, 6.07) is -3.43. The SMILES string of the molecule is CC[C@H](C)[C@H]1C(=O)NCC(=O)N(C)[C@@H](C(C)C)C(=O)N[C@@H](Cc2ccc(OC)cc2)C(=O)O[C@H](C)C(=O)N2CCCC[C@H]2C(=O)N(C)[C@@H](C(C)C)C(=O)N[C@@H](C(C)C)C(=O)N(C)[C@@H](CC(=O)OCC23CC4CC(CC(C4)C2)C3)C(=O)N(C)[C@@H]([C@@H](C)CC)C(=O)N1C. The highest BCUT2D eigenvalue weighted by Crippen LogP contribution is 2.60. The number of rotatable bonds is 14. The van der Waals surface area contributed by atoms with E-state index in [0.29, 0.717) is 54.7 Å². The van der Waals surface area contributed by atoms with Crippen molar-refractivity contribution in [3.63, 3.8) is 0 Å². The van der Waals surface area contributed by atoms with Crippen LogP contribution in [0, 0.1) is 52.8 Å². The zero-order valence-electron chi connectivity index (χ0n) is 57.3. The van der Waals surface area contributed by atoms with Crippen LogP contribution in [0.5, 0.6) is 5.75 Å². The minimum Gasteiger partial charge on any atom is -0.497 e. The standard InChI is InChI=1S/C68H107N9O14/c1-18-41(9)57-59(80)69-36-52(78)73(13)55(39(5)6)60(81)70-49(31-44-23-25-48(89-17)26-24-44)67(88)91-43(11)62(83)77-27-21-20-22-50(77)63(84)74(14)56(40(7)8)61(82)71-54(38(3)4)65(86)72(12)51(64(85)76(16)58(42(10)19-2)66(87)75(57)15)32-53(79)90-37-68-33-45-28-46(34-68)30-47(29-45)35-68/h23-26,38-43,45-47,49-51,54-58H,18-22,27-37H2,1-17H3,(H,69,80)(H,70,81)(H,71,82)/t41-,42-,43+,45?,46?,47?,49-,50-,51-,54-,55-,56-,57-,58-,68?/m0/s1. The molecule has 0 radical (unpaired) electrons. The number of esters is 2. The third kappa shape index (κ3) is 17.3. The van der Waals surface area contributed by atoms with Crippen molar-refractivity contribution in [3.05, 3.63) is 29.8 Å². The van der Waals surface area contributed by atoms with E-state index in [2.05, 4.69) is 16.0 Å². The Morgan fingerprint density at radius 1 is 0.615 bits per heavy atom. The minimum absolute atomic E-state index is 0.108. The number of piperidine rings is 1. The molecule has 0 aromatic heterocycles. The van der Waals surface area contributed by atoms with Crippen LogP contribution in [0.25, 0.3) is 0 Å². The normalized spacial score (nSPS) is 30.9. The van der Waals surface area contributed by atoms with Gasteiger partial charge in [0.05, 0.1) is 26.7 Å². The Balaban J connectivity index is 1.41. The van der Waals surface area contributed by atoms with E-state index >= 15 is 14.4 Å². The highest BCUT2D eigenvalue weighted by molar-refractivity contribution is 5.99. The number of methoxy groups -OCH3 is 1. The van der Waals surface area contributed by atoms with Crippen LogP contribution in [0.1, 0.15) is 159 Å². The van der Waals surface area contributed by atoms with E-state index in [0.717, 1.165) is 24.2 Å². The first-order chi connectivity index (χ1) is 42.8. The number of likely N-dealkylation sites (N-methyl/N-ethyl adjacent to an activating group) is 5. The zero-order chi connectivity index (χ0) is 67.7. The number of hydrogen-bond donors (Lipinski definition) is 3. The maximum atomic E-state index is 15.6. The lowest BCUT2D eigenvalue weighted by atomic mass is 9.50. The van der Waals surface area contributed by atoms with Gasteiger partial charge in [-0.3, -0.25) is 47.9 Å². The Morgan fingerprint density at radius 2 is 1.14 bits per heavy atom. The van der Waals surface area contributed by atoms with Gasteiger partial charge < -0.3 is 59.6 Å². The second-order valence-corrected chi connectivity index (χ2v) is 28.3. The molecule has 4 saturated carbocycles. The summed E-state index contributed by atoms with van der Waals surface area (Å²) in [5, 5.41) is 8.41. The monoisotopic (exact) mass is 1270 g/mol. The van der Waals surface area contributed by atoms with E-state index < -0.39 is 162 Å². The Hall–Kier alpha value is -6.81. The molecule has 23 nitrogen and oxygen atoms in total. The van der Waals surface area contributed by atoms with Crippen LogP contribution in [-0.4, -0.2) is 211 Å². The molecule has 1 aromatic carbocycles. The van der Waals surface area contributed by atoms with Crippen molar-refractivity contribution in [3.8, 4) is 5.75 Å². The fraction of sp³-hybridized carbons (Fsp3) is 0.750. The molecule has 91 heavy (non-hydrogen) atoms. The lowest BCUT2D eigenvalue weighted by molar-refractivity contribution is -0.165. The van der Waals surface area contributed by atoms with Gasteiger partial charge in [-0.1, -0.05) is 94.2 Å². The van der Waals surface area contributed by atoms with Crippen LogP contribution in [0.4, 0.5) is 0 Å². The minimum atomic E-state index is -1.56. The number of ether oxygens (including phenoxy) is 3. The fourth-order valence-electron chi connectivity index (χ4n) is 15.4. The van der Waals surface area contributed by atoms with Gasteiger partial charge >= 0.3 is 11.9 Å². The Morgan fingerprint density at radius 3 is 1.68 bits per heavy atom. The first-order valence-corrected chi connectivity index (χ1v) is 33.3. The van der Waals surface area contributed by atoms with Crippen molar-refractivity contribution < 1.29 is 67.0 Å². The van der Waals surface area contributed by atoms with Crippen molar-refractivity contribution in [2.24, 2.45) is 52.8 Å². The third-order valence-corrected chi connectivity index (χ3v) is 20.5. The number of benzene rings is 1. The number of fused-ring (bicyclic) bond motifs is 1. The van der Waals surface area contributed by atoms with Gasteiger partial charge in [0, 0.05) is 53.6 Å². The molecule has 4 aliphatic carbocycles. The molecule has 9 amide bonds. The zero-order valence-corrected chi connectivity index (χ0v) is 57.3. The van der Waals surface area contributed by atoms with Gasteiger partial charge in [0.25, 0.3) is 5.91 Å². The van der Waals surface area contributed by atoms with Crippen molar-refractivity contribution >= 4 is 65.1 Å². The summed E-state index contributed by atoms with van der Waals surface area (Å²) in [5.41, 5.74) is 0.423. The van der Waals surface area contributed by atoms with Gasteiger partial charge in [0.15, 0.2) is 6.10 Å². The van der Waals surface area contributed by atoms with Gasteiger partial charge in [-0.15, -0.1) is 0 Å². The van der Waals surface area contributed by atoms with Gasteiger partial charge in [-0.05, 0) is 130 Å². The van der Waals surface area contributed by atoms with Gasteiger partial charge in [0.1, 0.15) is 54.1 Å². The summed E-state index contributed by atoms with van der Waals surface area (Å²) in [6.07, 6.45) is 6.33. The molecule has 0 spiro atoms. The molecule has 3 N–H and O–H groups in total. The van der Waals surface area contributed by atoms with E-state index in [4.69, 9.17) is 14.2 Å². The molecule has 1 aromatic rings. The van der Waals surface area contributed by atoms with Crippen LogP contribution < -0.4 is 20.7 Å². The van der Waals surface area contributed by atoms with Crippen molar-refractivity contribution in [2.45, 2.75) is 214 Å². The van der Waals surface area contributed by atoms with Crippen LogP contribution >= 0.6 is 0 Å². The largest absolute Gasteiger partial charge is 0.497 e. The molecule has 2 aliphatic heterocycles. The highest BCUT2D eigenvalue weighted by Gasteiger charge is 2.52. The summed E-state index contributed by atoms with van der Waals surface area (Å²) < 4.78 is 17.4. The highest BCUT2D eigenvalue weighted by atomic mass is 16.6. The maximum absolute atomic E-state index is 15.6. The molecular formula is C68H107N9O14. The summed E-state index contributed by atoms with van der Waals surface area (Å²) in [5.74, 6) is -8.32. The van der Waals surface area contributed by atoms with Gasteiger partial charge in [-0.2, -0.15) is 0 Å². The quantitative estimate of drug-likeness (QED) is 0.207. The number of carbonyl (C=O) groups is 11. The lowest BCUT2D eigenvalue weighted by Crippen LogP contribution is -2.63. The smallest absolute Gasteiger partial charge is 0.329 e. The van der Waals surface area contributed by atoms with Crippen molar-refractivity contribution in [2.75, 3.05) is 62.0 Å². The third-order valence-electron chi connectivity index (χ3n) is 20.5.